The Bertz CT molecular complexity index is 1340. The van der Waals surface area contributed by atoms with Gasteiger partial charge in [0.2, 0.25) is 0 Å². The van der Waals surface area contributed by atoms with E-state index in [1.807, 2.05) is 17.7 Å². The summed E-state index contributed by atoms with van der Waals surface area (Å²) in [5, 5.41) is 11.5. The maximum absolute atomic E-state index is 13.3. The average Bonchev–Trinajstić information content (AvgIpc) is 3.57. The summed E-state index contributed by atoms with van der Waals surface area (Å²) in [5.41, 5.74) is 2.01. The molecule has 1 atom stereocenters. The number of hydrogen-bond donors (Lipinski definition) is 2. The van der Waals surface area contributed by atoms with Crippen molar-refractivity contribution < 1.29 is 29.0 Å². The number of aryl methyl sites for hydroxylation is 2. The van der Waals surface area contributed by atoms with Gasteiger partial charge >= 0.3 is 5.97 Å². The van der Waals surface area contributed by atoms with Crippen molar-refractivity contribution in [3.63, 3.8) is 0 Å². The molecule has 1 unspecified atom stereocenters. The van der Waals surface area contributed by atoms with Crippen LogP contribution < -0.4 is 4.74 Å². The van der Waals surface area contributed by atoms with Crippen LogP contribution in [-0.4, -0.2) is 62.5 Å². The molecular weight excluding hydrogens is 476 g/mol. The molecule has 3 aromatic rings. The standard InChI is InChI=1S/C27H30N4O6/c1-5-37-19-9-7-18(8-10-19)23-21(24(32)20-16(2)22(27(35)36-4)29-17(20)3)25(33)26(34)31(23)13-6-12-30-14-11-28-15-30/h7-11,14-15,23,29,32H,5-6,12-13H2,1-4H3. The highest BCUT2D eigenvalue weighted by Gasteiger charge is 2.46. The van der Waals surface area contributed by atoms with Gasteiger partial charge in [-0.2, -0.15) is 0 Å². The van der Waals surface area contributed by atoms with Crippen molar-refractivity contribution in [1.82, 2.24) is 19.4 Å². The van der Waals surface area contributed by atoms with Gasteiger partial charge in [-0.15, -0.1) is 0 Å². The Morgan fingerprint density at radius 1 is 1.16 bits per heavy atom. The number of carbonyl (C=O) groups is 3. The molecule has 10 heteroatoms. The fourth-order valence-corrected chi connectivity index (χ4v) is 4.76. The Labute approximate surface area is 214 Å². The minimum absolute atomic E-state index is 0.0293. The second-order valence-electron chi connectivity index (χ2n) is 8.77. The number of hydrogen-bond acceptors (Lipinski definition) is 7. The van der Waals surface area contributed by atoms with Crippen LogP contribution in [0.2, 0.25) is 0 Å². The van der Waals surface area contributed by atoms with Crippen molar-refractivity contribution >= 4 is 23.4 Å². The number of nitrogens with zero attached hydrogens (tertiary/aromatic N) is 3. The van der Waals surface area contributed by atoms with E-state index in [4.69, 9.17) is 9.47 Å². The Kier molecular flexibility index (Phi) is 7.47. The normalized spacial score (nSPS) is 16.9. The van der Waals surface area contributed by atoms with E-state index in [2.05, 4.69) is 9.97 Å². The van der Waals surface area contributed by atoms with Gasteiger partial charge in [-0.05, 0) is 50.5 Å². The number of methoxy groups -OCH3 is 1. The van der Waals surface area contributed by atoms with Crippen LogP contribution >= 0.6 is 0 Å². The number of aliphatic hydroxyl groups excluding tert-OH is 1. The van der Waals surface area contributed by atoms with Crippen LogP contribution in [0.25, 0.3) is 5.76 Å². The van der Waals surface area contributed by atoms with E-state index in [1.165, 1.54) is 12.0 Å². The van der Waals surface area contributed by atoms with Crippen molar-refractivity contribution in [2.75, 3.05) is 20.3 Å². The lowest BCUT2D eigenvalue weighted by Crippen LogP contribution is -2.31. The topological polar surface area (TPSA) is 127 Å². The molecule has 10 nitrogen and oxygen atoms in total. The van der Waals surface area contributed by atoms with Crippen LogP contribution in [0.5, 0.6) is 5.75 Å². The number of aliphatic hydroxyl groups is 1. The Balaban J connectivity index is 1.79. The molecule has 1 aliphatic rings. The summed E-state index contributed by atoms with van der Waals surface area (Å²) in [6.45, 7) is 6.61. The van der Waals surface area contributed by atoms with Crippen LogP contribution in [-0.2, 0) is 20.9 Å². The van der Waals surface area contributed by atoms with Crippen molar-refractivity contribution in [2.24, 2.45) is 0 Å². The van der Waals surface area contributed by atoms with Gasteiger partial charge in [0, 0.05) is 36.7 Å². The second-order valence-corrected chi connectivity index (χ2v) is 8.77. The smallest absolute Gasteiger partial charge is 0.354 e. The van der Waals surface area contributed by atoms with Gasteiger partial charge in [0.15, 0.2) is 0 Å². The minimum atomic E-state index is -0.811. The molecule has 0 bridgehead atoms. The number of amides is 1. The minimum Gasteiger partial charge on any atom is -0.507 e. The SMILES string of the molecule is CCOc1ccc(C2C(=C(O)c3c(C)[nH]c(C(=O)OC)c3C)C(=O)C(=O)N2CCCn2ccnc2)cc1. The van der Waals surface area contributed by atoms with Gasteiger partial charge in [0.25, 0.3) is 11.7 Å². The summed E-state index contributed by atoms with van der Waals surface area (Å²) >= 11 is 0. The number of carbonyl (C=O) groups excluding carboxylic acids is 3. The van der Waals surface area contributed by atoms with Crippen LogP contribution in [0.15, 0.2) is 48.6 Å². The van der Waals surface area contributed by atoms with E-state index in [9.17, 15) is 19.5 Å². The highest BCUT2D eigenvalue weighted by atomic mass is 16.5. The van der Waals surface area contributed by atoms with E-state index in [0.717, 1.165) is 0 Å². The molecule has 37 heavy (non-hydrogen) atoms. The first-order valence-corrected chi connectivity index (χ1v) is 12.0. The van der Waals surface area contributed by atoms with Crippen molar-refractivity contribution in [2.45, 2.75) is 39.8 Å². The number of rotatable bonds is 9. The van der Waals surface area contributed by atoms with Gasteiger partial charge in [-0.1, -0.05) is 12.1 Å². The molecule has 2 N–H and O–H groups in total. The first kappa shape index (κ1) is 25.7. The number of nitrogens with one attached hydrogen (secondary N) is 1. The van der Waals surface area contributed by atoms with Crippen molar-refractivity contribution in [3.8, 4) is 5.75 Å². The van der Waals surface area contributed by atoms with Crippen LogP contribution in [0.3, 0.4) is 0 Å². The van der Waals surface area contributed by atoms with Crippen LogP contribution in [0, 0.1) is 13.8 Å². The molecule has 1 aliphatic heterocycles. The molecule has 2 aromatic heterocycles. The first-order valence-electron chi connectivity index (χ1n) is 12.0. The predicted molar refractivity (Wildman–Crippen MR) is 135 cm³/mol. The molecule has 3 heterocycles. The second kappa shape index (κ2) is 10.7. The third-order valence-corrected chi connectivity index (χ3v) is 6.49. The largest absolute Gasteiger partial charge is 0.507 e. The number of aromatic amines is 1. The van der Waals surface area contributed by atoms with Gasteiger partial charge in [-0.3, -0.25) is 9.59 Å². The monoisotopic (exact) mass is 506 g/mol. The molecular formula is C27H30N4O6. The van der Waals surface area contributed by atoms with E-state index in [-0.39, 0.29) is 23.6 Å². The quantitative estimate of drug-likeness (QED) is 0.197. The van der Waals surface area contributed by atoms with Crippen molar-refractivity contribution in [1.29, 1.82) is 0 Å². The number of ether oxygens (including phenoxy) is 2. The molecule has 1 saturated heterocycles. The van der Waals surface area contributed by atoms with Crippen LogP contribution in [0.4, 0.5) is 0 Å². The van der Waals surface area contributed by atoms with E-state index < -0.39 is 23.7 Å². The Hall–Kier alpha value is -4.34. The summed E-state index contributed by atoms with van der Waals surface area (Å²) in [6, 6.07) is 6.30. The summed E-state index contributed by atoms with van der Waals surface area (Å²) < 4.78 is 12.3. The molecule has 1 amide bonds. The van der Waals surface area contributed by atoms with Gasteiger partial charge in [0.1, 0.15) is 17.2 Å². The number of esters is 1. The Morgan fingerprint density at radius 2 is 1.89 bits per heavy atom. The lowest BCUT2D eigenvalue weighted by atomic mass is 9.94. The number of imidazole rings is 1. The highest BCUT2D eigenvalue weighted by molar-refractivity contribution is 6.46. The van der Waals surface area contributed by atoms with Gasteiger partial charge in [0.05, 0.1) is 31.7 Å². The number of benzene rings is 1. The maximum Gasteiger partial charge on any atom is 0.354 e. The first-order chi connectivity index (χ1) is 17.8. The molecule has 0 aliphatic carbocycles. The number of H-pyrrole nitrogens is 1. The zero-order valence-corrected chi connectivity index (χ0v) is 21.3. The fourth-order valence-electron chi connectivity index (χ4n) is 4.76. The predicted octanol–water partition coefficient (Wildman–Crippen LogP) is 3.53. The summed E-state index contributed by atoms with van der Waals surface area (Å²) in [7, 11) is 1.26. The van der Waals surface area contributed by atoms with Crippen LogP contribution in [0.1, 0.15) is 52.3 Å². The maximum atomic E-state index is 13.3. The summed E-state index contributed by atoms with van der Waals surface area (Å²) in [6.07, 6.45) is 5.77. The molecule has 1 fully saturated rings. The van der Waals surface area contributed by atoms with Gasteiger partial charge < -0.3 is 29.0 Å². The molecule has 0 saturated carbocycles. The molecule has 4 rings (SSSR count). The fraction of sp³-hybridized carbons (Fsp3) is 0.333. The number of likely N-dealkylation sites (tertiary alicyclic amines) is 1. The highest BCUT2D eigenvalue weighted by Crippen LogP contribution is 2.41. The number of ketones is 1. The van der Waals surface area contributed by atoms with E-state index in [1.54, 1.807) is 50.6 Å². The zero-order valence-electron chi connectivity index (χ0n) is 21.3. The van der Waals surface area contributed by atoms with Gasteiger partial charge in [-0.25, -0.2) is 9.78 Å². The number of aromatic nitrogens is 3. The van der Waals surface area contributed by atoms with E-state index >= 15 is 0 Å². The third kappa shape index (κ3) is 4.87. The molecule has 1 aromatic carbocycles. The summed E-state index contributed by atoms with van der Waals surface area (Å²) in [4.78, 5) is 47.2. The van der Waals surface area contributed by atoms with Crippen molar-refractivity contribution in [3.05, 3.63) is 76.6 Å². The molecule has 0 radical (unpaired) electrons. The zero-order chi connectivity index (χ0) is 26.7. The Morgan fingerprint density at radius 3 is 2.51 bits per heavy atom. The van der Waals surface area contributed by atoms with E-state index in [0.29, 0.717) is 47.7 Å². The summed E-state index contributed by atoms with van der Waals surface area (Å²) in [5.74, 6) is -1.74. The third-order valence-electron chi connectivity index (χ3n) is 6.49. The molecule has 194 valence electrons. The average molecular weight is 507 g/mol. The molecule has 0 spiro atoms. The number of Topliss-reactive ketones (excluding diaryl/α,β-unsaturated/α-hetero) is 1. The lowest BCUT2D eigenvalue weighted by molar-refractivity contribution is -0.139. The lowest BCUT2D eigenvalue weighted by Gasteiger charge is -2.25.